The van der Waals surface area contributed by atoms with Crippen LogP contribution in [0.25, 0.3) is 0 Å². The quantitative estimate of drug-likeness (QED) is 0.700. The fourth-order valence-corrected chi connectivity index (χ4v) is 3.55. The number of aryl methyl sites for hydroxylation is 2. The Bertz CT molecular complexity index is 854. The largest absolute Gasteiger partial charge is 0.379 e. The van der Waals surface area contributed by atoms with Gasteiger partial charge >= 0.3 is 0 Å². The van der Waals surface area contributed by atoms with Gasteiger partial charge < -0.3 is 15.8 Å². The molecule has 2 heterocycles. The molecule has 1 aromatic carbocycles. The molecule has 2 amide bonds. The Morgan fingerprint density at radius 3 is 2.45 bits per heavy atom. The van der Waals surface area contributed by atoms with Gasteiger partial charge in [-0.2, -0.15) is 5.10 Å². The summed E-state index contributed by atoms with van der Waals surface area (Å²) >= 11 is 0. The minimum atomic E-state index is -0.606. The molecule has 0 radical (unpaired) electrons. The summed E-state index contributed by atoms with van der Waals surface area (Å²) in [5.41, 5.74) is 8.94. The summed E-state index contributed by atoms with van der Waals surface area (Å²) in [5.74, 6) is -0.802. The predicted octanol–water partition coefficient (Wildman–Crippen LogP) is 1.48. The Labute approximate surface area is 171 Å². The molecule has 1 aromatic heterocycles. The molecule has 0 atom stereocenters. The van der Waals surface area contributed by atoms with E-state index < -0.39 is 5.91 Å². The number of nitrogens with two attached hydrogens (primary N) is 1. The van der Waals surface area contributed by atoms with Gasteiger partial charge in [-0.15, -0.1) is 0 Å². The maximum atomic E-state index is 12.6. The van der Waals surface area contributed by atoms with Gasteiger partial charge in [0.25, 0.3) is 5.91 Å². The van der Waals surface area contributed by atoms with E-state index in [1.165, 1.54) is 10.2 Å². The third kappa shape index (κ3) is 5.42. The van der Waals surface area contributed by atoms with E-state index in [4.69, 9.17) is 10.5 Å². The highest BCUT2D eigenvalue weighted by Crippen LogP contribution is 2.22. The van der Waals surface area contributed by atoms with Gasteiger partial charge in [-0.1, -0.05) is 37.6 Å². The first-order chi connectivity index (χ1) is 14.0. The van der Waals surface area contributed by atoms with Crippen LogP contribution in [0, 0.1) is 0 Å². The van der Waals surface area contributed by atoms with Gasteiger partial charge in [0.2, 0.25) is 5.91 Å². The second-order valence-electron chi connectivity index (χ2n) is 7.34. The lowest BCUT2D eigenvalue weighted by Crippen LogP contribution is -2.35. The van der Waals surface area contributed by atoms with Crippen molar-refractivity contribution in [3.8, 4) is 0 Å². The topological polar surface area (TPSA) is 102 Å². The van der Waals surface area contributed by atoms with Crippen molar-refractivity contribution in [2.75, 3.05) is 31.6 Å². The molecule has 1 saturated heterocycles. The number of aromatic nitrogens is 2. The van der Waals surface area contributed by atoms with Crippen molar-refractivity contribution in [3.63, 3.8) is 0 Å². The monoisotopic (exact) mass is 399 g/mol. The van der Waals surface area contributed by atoms with E-state index in [9.17, 15) is 9.59 Å². The summed E-state index contributed by atoms with van der Waals surface area (Å²) in [6, 6.07) is 8.06. The Hall–Kier alpha value is -2.71. The fraction of sp³-hybridized carbons (Fsp3) is 0.476. The molecule has 0 bridgehead atoms. The molecule has 0 aliphatic carbocycles. The molecule has 29 heavy (non-hydrogen) atoms. The van der Waals surface area contributed by atoms with E-state index in [-0.39, 0.29) is 18.0 Å². The fourth-order valence-electron chi connectivity index (χ4n) is 3.55. The summed E-state index contributed by atoms with van der Waals surface area (Å²) in [7, 11) is 1.65. The number of morpholine rings is 1. The van der Waals surface area contributed by atoms with Crippen LogP contribution in [0.1, 0.15) is 40.7 Å². The number of hydrogen-bond donors (Lipinski definition) is 2. The lowest BCUT2D eigenvalue weighted by Gasteiger charge is -2.26. The number of carbonyl (C=O) groups is 2. The molecule has 0 saturated carbocycles. The molecule has 0 unspecified atom stereocenters. The first-order valence-corrected chi connectivity index (χ1v) is 10.0. The highest BCUT2D eigenvalue weighted by Gasteiger charge is 2.21. The second-order valence-corrected chi connectivity index (χ2v) is 7.34. The van der Waals surface area contributed by atoms with Gasteiger partial charge in [0.05, 0.1) is 31.0 Å². The molecular weight excluding hydrogens is 370 g/mol. The number of primary amides is 1. The summed E-state index contributed by atoms with van der Waals surface area (Å²) in [6.45, 7) is 6.34. The lowest BCUT2D eigenvalue weighted by atomic mass is 10.1. The first-order valence-electron chi connectivity index (χ1n) is 10.0. The van der Waals surface area contributed by atoms with Crippen LogP contribution in [-0.4, -0.2) is 52.8 Å². The van der Waals surface area contributed by atoms with Gasteiger partial charge in [0.1, 0.15) is 5.69 Å². The molecule has 1 aliphatic heterocycles. The molecule has 0 spiro atoms. The highest BCUT2D eigenvalue weighted by atomic mass is 16.5. The predicted molar refractivity (Wildman–Crippen MR) is 111 cm³/mol. The van der Waals surface area contributed by atoms with E-state index in [0.29, 0.717) is 17.8 Å². The number of nitrogens with one attached hydrogen (secondary N) is 1. The van der Waals surface area contributed by atoms with Crippen molar-refractivity contribution in [1.82, 2.24) is 14.7 Å². The van der Waals surface area contributed by atoms with Gasteiger partial charge in [-0.3, -0.25) is 19.2 Å². The van der Waals surface area contributed by atoms with E-state index in [1.807, 2.05) is 19.1 Å². The summed E-state index contributed by atoms with van der Waals surface area (Å²) in [6.07, 6.45) is 1.73. The number of hydrogen-bond acceptors (Lipinski definition) is 5. The highest BCUT2D eigenvalue weighted by molar-refractivity contribution is 6.03. The van der Waals surface area contributed by atoms with Crippen molar-refractivity contribution in [2.24, 2.45) is 12.8 Å². The SMILES string of the molecule is CCCc1nn(C)c(C(N)=O)c1NC(=O)Cc1ccc(CN2CCOCC2)cc1. The number of anilines is 1. The molecule has 8 heteroatoms. The van der Waals surface area contributed by atoms with E-state index >= 15 is 0 Å². The molecule has 156 valence electrons. The van der Waals surface area contributed by atoms with Crippen molar-refractivity contribution in [1.29, 1.82) is 0 Å². The molecule has 1 aliphatic rings. The van der Waals surface area contributed by atoms with Crippen LogP contribution in [0.15, 0.2) is 24.3 Å². The van der Waals surface area contributed by atoms with Crippen LogP contribution in [0.2, 0.25) is 0 Å². The second kappa shape index (κ2) is 9.67. The van der Waals surface area contributed by atoms with Crippen LogP contribution in [-0.2, 0) is 36.0 Å². The zero-order chi connectivity index (χ0) is 20.8. The Morgan fingerprint density at radius 1 is 1.17 bits per heavy atom. The van der Waals surface area contributed by atoms with Crippen LogP contribution >= 0.6 is 0 Å². The average molecular weight is 399 g/mol. The van der Waals surface area contributed by atoms with Gasteiger partial charge in [0.15, 0.2) is 0 Å². The van der Waals surface area contributed by atoms with E-state index in [2.05, 4.69) is 27.4 Å². The summed E-state index contributed by atoms with van der Waals surface area (Å²) in [4.78, 5) is 26.8. The van der Waals surface area contributed by atoms with Crippen molar-refractivity contribution in [3.05, 3.63) is 46.8 Å². The molecule has 8 nitrogen and oxygen atoms in total. The number of carbonyl (C=O) groups excluding carboxylic acids is 2. The van der Waals surface area contributed by atoms with Crippen molar-refractivity contribution >= 4 is 17.5 Å². The zero-order valence-corrected chi connectivity index (χ0v) is 17.1. The molecule has 1 fully saturated rings. The van der Waals surface area contributed by atoms with Gasteiger partial charge in [-0.05, 0) is 17.5 Å². The molecule has 3 N–H and O–H groups in total. The maximum Gasteiger partial charge on any atom is 0.269 e. The average Bonchev–Trinajstić information content (AvgIpc) is 2.99. The van der Waals surface area contributed by atoms with Crippen LogP contribution < -0.4 is 11.1 Å². The van der Waals surface area contributed by atoms with E-state index in [1.54, 1.807) is 7.05 Å². The Kier molecular flexibility index (Phi) is 7.00. The number of amides is 2. The smallest absolute Gasteiger partial charge is 0.269 e. The minimum absolute atomic E-state index is 0.196. The van der Waals surface area contributed by atoms with Crippen molar-refractivity contribution < 1.29 is 14.3 Å². The van der Waals surface area contributed by atoms with E-state index in [0.717, 1.165) is 44.8 Å². The minimum Gasteiger partial charge on any atom is -0.379 e. The lowest BCUT2D eigenvalue weighted by molar-refractivity contribution is -0.115. The third-order valence-corrected chi connectivity index (χ3v) is 5.00. The van der Waals surface area contributed by atoms with Crippen molar-refractivity contribution in [2.45, 2.75) is 32.7 Å². The van der Waals surface area contributed by atoms with Crippen LogP contribution in [0.3, 0.4) is 0 Å². The molecule has 2 aromatic rings. The molecule has 3 rings (SSSR count). The normalized spacial score (nSPS) is 14.7. The standard InChI is InChI=1S/C21H29N5O3/c1-3-4-17-19(20(21(22)28)25(2)24-17)23-18(27)13-15-5-7-16(8-6-15)14-26-9-11-29-12-10-26/h5-8H,3-4,9-14H2,1-2H3,(H2,22,28)(H,23,27). The van der Waals surface area contributed by atoms with Gasteiger partial charge in [0, 0.05) is 26.7 Å². The number of nitrogens with zero attached hydrogens (tertiary/aromatic N) is 3. The van der Waals surface area contributed by atoms with Crippen LogP contribution in [0.5, 0.6) is 0 Å². The Balaban J connectivity index is 1.64. The van der Waals surface area contributed by atoms with Crippen LogP contribution in [0.4, 0.5) is 5.69 Å². The van der Waals surface area contributed by atoms with Gasteiger partial charge in [-0.25, -0.2) is 0 Å². The maximum absolute atomic E-state index is 12.6. The Morgan fingerprint density at radius 2 is 1.83 bits per heavy atom. The zero-order valence-electron chi connectivity index (χ0n) is 17.1. The molecular formula is C21H29N5O3. The number of rotatable bonds is 8. The summed E-state index contributed by atoms with van der Waals surface area (Å²) < 4.78 is 6.81. The number of benzene rings is 1. The first kappa shape index (κ1) is 21.0. The number of ether oxygens (including phenoxy) is 1. The summed E-state index contributed by atoms with van der Waals surface area (Å²) in [5, 5.41) is 7.19. The third-order valence-electron chi connectivity index (χ3n) is 5.00.